The van der Waals surface area contributed by atoms with Crippen molar-refractivity contribution in [3.05, 3.63) is 59.2 Å². The summed E-state index contributed by atoms with van der Waals surface area (Å²) in [5, 5.41) is 0. The van der Waals surface area contributed by atoms with Gasteiger partial charge in [0, 0.05) is 31.1 Å². The number of primary amides is 1. The minimum atomic E-state index is -0.259. The molecule has 5 nitrogen and oxygen atoms in total. The Morgan fingerprint density at radius 1 is 1.38 bits per heavy atom. The van der Waals surface area contributed by atoms with E-state index >= 15 is 0 Å². The van der Waals surface area contributed by atoms with Crippen molar-refractivity contribution in [3.63, 3.8) is 0 Å². The molecule has 3 rings (SSSR count). The topological polar surface area (TPSA) is 72.1 Å². The number of nitrogens with two attached hydrogens (primary N) is 1. The molecule has 0 aromatic carbocycles. The number of pyridine rings is 2. The summed E-state index contributed by atoms with van der Waals surface area (Å²) in [6.07, 6.45) is 7.09. The quantitative estimate of drug-likeness (QED) is 0.886. The standard InChI is InChI=1S/C19H24N4O/c1-14-10-15(6-7-19(20)24)11-17(22-14)18-5-3-9-23(18)13-16-4-2-8-21-12-16/h2,4,8,10-12,18H,3,5-7,9,13H2,1H3,(H2,20,24)/t18-/m1/s1. The van der Waals surface area contributed by atoms with Crippen molar-refractivity contribution in [1.29, 1.82) is 0 Å². The summed E-state index contributed by atoms with van der Waals surface area (Å²) < 4.78 is 0. The third-order valence-electron chi connectivity index (χ3n) is 4.51. The van der Waals surface area contributed by atoms with Crippen LogP contribution in [-0.2, 0) is 17.8 Å². The largest absolute Gasteiger partial charge is 0.370 e. The van der Waals surface area contributed by atoms with Crippen molar-refractivity contribution in [1.82, 2.24) is 14.9 Å². The average Bonchev–Trinajstić information content (AvgIpc) is 3.01. The number of carbonyl (C=O) groups is 1. The molecule has 126 valence electrons. The van der Waals surface area contributed by atoms with E-state index in [9.17, 15) is 4.79 Å². The fraction of sp³-hybridized carbons (Fsp3) is 0.421. The predicted molar refractivity (Wildman–Crippen MR) is 93.1 cm³/mol. The van der Waals surface area contributed by atoms with Crippen LogP contribution in [0.15, 0.2) is 36.7 Å². The van der Waals surface area contributed by atoms with Gasteiger partial charge in [0.05, 0.1) is 11.7 Å². The number of nitrogens with zero attached hydrogens (tertiary/aromatic N) is 3. The number of aryl methyl sites for hydroxylation is 2. The van der Waals surface area contributed by atoms with Gasteiger partial charge in [-0.15, -0.1) is 0 Å². The third kappa shape index (κ3) is 4.17. The highest BCUT2D eigenvalue weighted by molar-refractivity contribution is 5.74. The van der Waals surface area contributed by atoms with Gasteiger partial charge in [-0.3, -0.25) is 19.7 Å². The Bertz CT molecular complexity index is 702. The molecule has 1 aliphatic rings. The molecule has 1 aliphatic heterocycles. The van der Waals surface area contributed by atoms with E-state index in [0.717, 1.165) is 36.5 Å². The lowest BCUT2D eigenvalue weighted by Crippen LogP contribution is -2.24. The number of rotatable bonds is 6. The Morgan fingerprint density at radius 2 is 2.25 bits per heavy atom. The molecule has 1 saturated heterocycles. The summed E-state index contributed by atoms with van der Waals surface area (Å²) in [6.45, 7) is 3.98. The van der Waals surface area contributed by atoms with Gasteiger partial charge < -0.3 is 5.73 Å². The molecule has 2 aromatic rings. The highest BCUT2D eigenvalue weighted by Crippen LogP contribution is 2.32. The summed E-state index contributed by atoms with van der Waals surface area (Å²) in [5.74, 6) is -0.259. The van der Waals surface area contributed by atoms with Gasteiger partial charge in [0.25, 0.3) is 0 Å². The summed E-state index contributed by atoms with van der Waals surface area (Å²) in [6, 6.07) is 8.62. The highest BCUT2D eigenvalue weighted by atomic mass is 16.1. The smallest absolute Gasteiger partial charge is 0.217 e. The Kier molecular flexibility index (Phi) is 5.20. The molecule has 5 heteroatoms. The summed E-state index contributed by atoms with van der Waals surface area (Å²) in [7, 11) is 0. The molecule has 0 unspecified atom stereocenters. The number of amides is 1. The van der Waals surface area contributed by atoms with E-state index < -0.39 is 0 Å². The van der Waals surface area contributed by atoms with E-state index in [1.54, 1.807) is 6.20 Å². The van der Waals surface area contributed by atoms with E-state index in [-0.39, 0.29) is 5.91 Å². The second-order valence-electron chi connectivity index (χ2n) is 6.50. The van der Waals surface area contributed by atoms with Crippen LogP contribution < -0.4 is 5.73 Å². The molecule has 1 fully saturated rings. The minimum Gasteiger partial charge on any atom is -0.370 e. The maximum Gasteiger partial charge on any atom is 0.217 e. The Labute approximate surface area is 142 Å². The first-order valence-electron chi connectivity index (χ1n) is 8.50. The van der Waals surface area contributed by atoms with Crippen molar-refractivity contribution >= 4 is 5.91 Å². The SMILES string of the molecule is Cc1cc(CCC(N)=O)cc([C@H]2CCCN2Cc2cccnc2)n1. The van der Waals surface area contributed by atoms with Crippen LogP contribution in [0.3, 0.4) is 0 Å². The van der Waals surface area contributed by atoms with Crippen LogP contribution in [0.4, 0.5) is 0 Å². The van der Waals surface area contributed by atoms with E-state index in [1.165, 1.54) is 12.0 Å². The second-order valence-corrected chi connectivity index (χ2v) is 6.50. The van der Waals surface area contributed by atoms with Crippen molar-refractivity contribution in [3.8, 4) is 0 Å². The van der Waals surface area contributed by atoms with Crippen molar-refractivity contribution in [2.75, 3.05) is 6.54 Å². The predicted octanol–water partition coefficient (Wildman–Crippen LogP) is 2.54. The number of likely N-dealkylation sites (tertiary alicyclic amines) is 1. The van der Waals surface area contributed by atoms with E-state index in [1.807, 2.05) is 25.3 Å². The van der Waals surface area contributed by atoms with E-state index in [2.05, 4.69) is 22.0 Å². The third-order valence-corrected chi connectivity index (χ3v) is 4.51. The average molecular weight is 324 g/mol. The maximum atomic E-state index is 11.0. The highest BCUT2D eigenvalue weighted by Gasteiger charge is 2.27. The van der Waals surface area contributed by atoms with E-state index in [4.69, 9.17) is 10.7 Å². The van der Waals surface area contributed by atoms with Gasteiger partial charge in [-0.05, 0) is 62.1 Å². The van der Waals surface area contributed by atoms with Crippen LogP contribution in [0.1, 0.15) is 47.8 Å². The molecule has 0 aliphatic carbocycles. The zero-order valence-electron chi connectivity index (χ0n) is 14.1. The minimum absolute atomic E-state index is 0.259. The van der Waals surface area contributed by atoms with Gasteiger partial charge in [0.1, 0.15) is 0 Å². The first-order valence-corrected chi connectivity index (χ1v) is 8.50. The molecule has 24 heavy (non-hydrogen) atoms. The number of hydrogen-bond acceptors (Lipinski definition) is 4. The molecule has 1 atom stereocenters. The van der Waals surface area contributed by atoms with Crippen LogP contribution in [0.2, 0.25) is 0 Å². The summed E-state index contributed by atoms with van der Waals surface area (Å²) >= 11 is 0. The molecule has 2 aromatic heterocycles. The Morgan fingerprint density at radius 3 is 3.00 bits per heavy atom. The zero-order valence-corrected chi connectivity index (χ0v) is 14.1. The molecular formula is C19H24N4O. The van der Waals surface area contributed by atoms with Gasteiger partial charge in [-0.25, -0.2) is 0 Å². The monoisotopic (exact) mass is 324 g/mol. The molecular weight excluding hydrogens is 300 g/mol. The summed E-state index contributed by atoms with van der Waals surface area (Å²) in [5.41, 5.74) is 9.76. The van der Waals surface area contributed by atoms with Crippen molar-refractivity contribution in [2.24, 2.45) is 5.73 Å². The lowest BCUT2D eigenvalue weighted by Gasteiger charge is -2.24. The van der Waals surface area contributed by atoms with Gasteiger partial charge in [0.15, 0.2) is 0 Å². The first-order chi connectivity index (χ1) is 11.6. The van der Waals surface area contributed by atoms with Crippen LogP contribution in [-0.4, -0.2) is 27.3 Å². The second kappa shape index (κ2) is 7.53. The fourth-order valence-corrected chi connectivity index (χ4v) is 3.43. The van der Waals surface area contributed by atoms with Crippen LogP contribution in [0.25, 0.3) is 0 Å². The number of aromatic nitrogens is 2. The molecule has 0 spiro atoms. The van der Waals surface area contributed by atoms with Crippen LogP contribution in [0, 0.1) is 6.92 Å². The van der Waals surface area contributed by atoms with Crippen molar-refractivity contribution in [2.45, 2.75) is 45.2 Å². The van der Waals surface area contributed by atoms with Gasteiger partial charge in [-0.1, -0.05) is 6.07 Å². The Hall–Kier alpha value is -2.27. The first kappa shape index (κ1) is 16.6. The fourth-order valence-electron chi connectivity index (χ4n) is 3.43. The molecule has 1 amide bonds. The Balaban J connectivity index is 1.77. The molecule has 2 N–H and O–H groups in total. The van der Waals surface area contributed by atoms with E-state index in [0.29, 0.717) is 18.9 Å². The lowest BCUT2D eigenvalue weighted by molar-refractivity contribution is -0.117. The van der Waals surface area contributed by atoms with Gasteiger partial charge in [-0.2, -0.15) is 0 Å². The molecule has 3 heterocycles. The maximum absolute atomic E-state index is 11.0. The van der Waals surface area contributed by atoms with Crippen LogP contribution in [0.5, 0.6) is 0 Å². The molecule has 0 bridgehead atoms. The summed E-state index contributed by atoms with van der Waals surface area (Å²) in [4.78, 5) is 22.5. The number of hydrogen-bond donors (Lipinski definition) is 1. The molecule has 0 radical (unpaired) electrons. The van der Waals surface area contributed by atoms with Gasteiger partial charge in [0.2, 0.25) is 5.91 Å². The van der Waals surface area contributed by atoms with Crippen molar-refractivity contribution < 1.29 is 4.79 Å². The zero-order chi connectivity index (χ0) is 16.9. The molecule has 0 saturated carbocycles. The normalized spacial score (nSPS) is 18.0. The number of carbonyl (C=O) groups excluding carboxylic acids is 1. The van der Waals surface area contributed by atoms with Gasteiger partial charge >= 0.3 is 0 Å². The lowest BCUT2D eigenvalue weighted by atomic mass is 10.0. The van der Waals surface area contributed by atoms with Crippen LogP contribution >= 0.6 is 0 Å².